The van der Waals surface area contributed by atoms with Gasteiger partial charge in [-0.25, -0.2) is 0 Å². The molecule has 0 spiro atoms. The molecule has 2 heterocycles. The molecule has 0 unspecified atom stereocenters. The minimum Gasteiger partial charge on any atom is -0.381 e. The summed E-state index contributed by atoms with van der Waals surface area (Å²) in [5.74, 6) is -1.08. The smallest absolute Gasteiger partial charge is 0.251 e. The number of carbonyl (C=O) groups excluding carboxylic acids is 3. The molecule has 186 valence electrons. The van der Waals surface area contributed by atoms with Gasteiger partial charge in [0.25, 0.3) is 5.91 Å². The van der Waals surface area contributed by atoms with E-state index in [4.69, 9.17) is 0 Å². The zero-order valence-corrected chi connectivity index (χ0v) is 19.9. The van der Waals surface area contributed by atoms with Crippen LogP contribution in [0.2, 0.25) is 0 Å². The molecular formula is C28H30N4O4. The summed E-state index contributed by atoms with van der Waals surface area (Å²) < 4.78 is 0. The van der Waals surface area contributed by atoms with Crippen molar-refractivity contribution in [2.24, 2.45) is 0 Å². The molecule has 0 saturated carbocycles. The molecule has 1 aliphatic heterocycles. The molecule has 3 aromatic rings. The van der Waals surface area contributed by atoms with Crippen LogP contribution in [0.4, 0.5) is 0 Å². The van der Waals surface area contributed by atoms with E-state index in [0.717, 1.165) is 11.1 Å². The predicted octanol–water partition coefficient (Wildman–Crippen LogP) is 1.98. The van der Waals surface area contributed by atoms with Gasteiger partial charge >= 0.3 is 0 Å². The average molecular weight is 487 g/mol. The molecule has 3 N–H and O–H groups in total. The Morgan fingerprint density at radius 2 is 1.64 bits per heavy atom. The number of carbonyl (C=O) groups is 3. The summed E-state index contributed by atoms with van der Waals surface area (Å²) in [6, 6.07) is 22.7. The molecule has 3 amide bonds. The van der Waals surface area contributed by atoms with Gasteiger partial charge in [-0.15, -0.1) is 0 Å². The molecule has 8 nitrogen and oxygen atoms in total. The van der Waals surface area contributed by atoms with Crippen LogP contribution in [0.5, 0.6) is 0 Å². The van der Waals surface area contributed by atoms with Crippen LogP contribution < -0.4 is 10.6 Å². The SMILES string of the molecule is O=C(NCc1ccccn1)[C@@H](O)[C@H](Cc1ccccc1)NC(=O)[C@H]1CCC(=O)N1Cc1ccccc1. The Morgan fingerprint density at radius 1 is 0.972 bits per heavy atom. The Bertz CT molecular complexity index is 1160. The first-order valence-electron chi connectivity index (χ1n) is 12.0. The van der Waals surface area contributed by atoms with Crippen molar-refractivity contribution >= 4 is 17.7 Å². The second kappa shape index (κ2) is 12.1. The van der Waals surface area contributed by atoms with Crippen LogP contribution in [0, 0.1) is 0 Å². The number of benzene rings is 2. The summed E-state index contributed by atoms with van der Waals surface area (Å²) in [5, 5.41) is 16.5. The van der Waals surface area contributed by atoms with E-state index in [9.17, 15) is 19.5 Å². The molecule has 0 bridgehead atoms. The van der Waals surface area contributed by atoms with E-state index >= 15 is 0 Å². The Labute approximate surface area is 210 Å². The Hall–Kier alpha value is -4.04. The quantitative estimate of drug-likeness (QED) is 0.406. The Balaban J connectivity index is 1.46. The van der Waals surface area contributed by atoms with Gasteiger partial charge in [-0.3, -0.25) is 19.4 Å². The highest BCUT2D eigenvalue weighted by Gasteiger charge is 2.38. The normalized spacial score (nSPS) is 16.9. The van der Waals surface area contributed by atoms with Crippen molar-refractivity contribution in [3.63, 3.8) is 0 Å². The lowest BCUT2D eigenvalue weighted by Gasteiger charge is -2.28. The number of aromatic nitrogens is 1. The fourth-order valence-electron chi connectivity index (χ4n) is 4.34. The van der Waals surface area contributed by atoms with Crippen molar-refractivity contribution in [3.05, 3.63) is 102 Å². The first-order valence-corrected chi connectivity index (χ1v) is 12.0. The fourth-order valence-corrected chi connectivity index (χ4v) is 4.34. The van der Waals surface area contributed by atoms with Crippen LogP contribution >= 0.6 is 0 Å². The van der Waals surface area contributed by atoms with Crippen LogP contribution in [-0.4, -0.2) is 50.9 Å². The topological polar surface area (TPSA) is 112 Å². The number of hydrogen-bond donors (Lipinski definition) is 3. The highest BCUT2D eigenvalue weighted by molar-refractivity contribution is 5.91. The van der Waals surface area contributed by atoms with E-state index in [1.165, 1.54) is 0 Å². The molecule has 2 aromatic carbocycles. The van der Waals surface area contributed by atoms with Crippen LogP contribution in [0.3, 0.4) is 0 Å². The van der Waals surface area contributed by atoms with Gasteiger partial charge in [0.2, 0.25) is 11.8 Å². The van der Waals surface area contributed by atoms with Gasteiger partial charge in [0.1, 0.15) is 6.04 Å². The van der Waals surface area contributed by atoms with Gasteiger partial charge in [-0.05, 0) is 36.1 Å². The monoisotopic (exact) mass is 486 g/mol. The lowest BCUT2D eigenvalue weighted by Crippen LogP contribution is -2.55. The molecule has 0 aliphatic carbocycles. The van der Waals surface area contributed by atoms with Gasteiger partial charge in [0.15, 0.2) is 6.10 Å². The van der Waals surface area contributed by atoms with E-state index in [-0.39, 0.29) is 31.2 Å². The fraction of sp³-hybridized carbons (Fsp3) is 0.286. The van der Waals surface area contributed by atoms with Crippen molar-refractivity contribution < 1.29 is 19.5 Å². The standard InChI is InChI=1S/C28H30N4O4/c33-25-15-14-24(32(25)19-21-11-5-2-6-12-21)27(35)31-23(17-20-9-3-1-4-10-20)26(34)28(36)30-18-22-13-7-8-16-29-22/h1-13,16,23-24,26,34H,14-15,17-19H2,(H,30,36)(H,31,35)/t23-,24+,26-/m0/s1. The van der Waals surface area contributed by atoms with Gasteiger partial charge < -0.3 is 20.6 Å². The zero-order chi connectivity index (χ0) is 25.3. The largest absolute Gasteiger partial charge is 0.381 e. The van der Waals surface area contributed by atoms with Crippen LogP contribution in [-0.2, 0) is 33.9 Å². The molecule has 36 heavy (non-hydrogen) atoms. The molecule has 1 saturated heterocycles. The average Bonchev–Trinajstić information content (AvgIpc) is 3.28. The minimum atomic E-state index is -1.49. The van der Waals surface area contributed by atoms with Crippen LogP contribution in [0.25, 0.3) is 0 Å². The lowest BCUT2D eigenvalue weighted by molar-refractivity contribution is -0.138. The predicted molar refractivity (Wildman–Crippen MR) is 134 cm³/mol. The zero-order valence-electron chi connectivity index (χ0n) is 19.9. The number of rotatable bonds is 10. The molecule has 4 rings (SSSR count). The summed E-state index contributed by atoms with van der Waals surface area (Å²) in [5.41, 5.74) is 2.45. The number of aliphatic hydroxyl groups excluding tert-OH is 1. The molecule has 1 aromatic heterocycles. The third-order valence-corrected chi connectivity index (χ3v) is 6.27. The van der Waals surface area contributed by atoms with E-state index < -0.39 is 24.1 Å². The second-order valence-corrected chi connectivity index (χ2v) is 8.85. The van der Waals surface area contributed by atoms with Crippen molar-refractivity contribution in [1.29, 1.82) is 0 Å². The summed E-state index contributed by atoms with van der Waals surface area (Å²) in [4.78, 5) is 44.4. The summed E-state index contributed by atoms with van der Waals surface area (Å²) in [6.45, 7) is 0.485. The van der Waals surface area contributed by atoms with Crippen molar-refractivity contribution in [2.75, 3.05) is 0 Å². The van der Waals surface area contributed by atoms with Gasteiger partial charge in [-0.1, -0.05) is 66.7 Å². The second-order valence-electron chi connectivity index (χ2n) is 8.85. The number of nitrogens with one attached hydrogen (secondary N) is 2. The van der Waals surface area contributed by atoms with E-state index in [2.05, 4.69) is 15.6 Å². The molecule has 1 fully saturated rings. The van der Waals surface area contributed by atoms with E-state index in [0.29, 0.717) is 18.7 Å². The maximum atomic E-state index is 13.3. The Morgan fingerprint density at radius 3 is 2.31 bits per heavy atom. The minimum absolute atomic E-state index is 0.0905. The van der Waals surface area contributed by atoms with Crippen molar-refractivity contribution in [2.45, 2.75) is 50.5 Å². The van der Waals surface area contributed by atoms with Gasteiger partial charge in [0, 0.05) is 19.2 Å². The van der Waals surface area contributed by atoms with Gasteiger partial charge in [-0.2, -0.15) is 0 Å². The third-order valence-electron chi connectivity index (χ3n) is 6.27. The van der Waals surface area contributed by atoms with E-state index in [1.54, 1.807) is 23.2 Å². The molecule has 8 heteroatoms. The first kappa shape index (κ1) is 25.1. The summed E-state index contributed by atoms with van der Waals surface area (Å²) in [7, 11) is 0. The van der Waals surface area contributed by atoms with Crippen LogP contribution in [0.15, 0.2) is 85.1 Å². The first-order chi connectivity index (χ1) is 17.5. The number of pyridine rings is 1. The Kier molecular flexibility index (Phi) is 8.41. The maximum Gasteiger partial charge on any atom is 0.251 e. The number of likely N-dealkylation sites (tertiary alicyclic amines) is 1. The highest BCUT2D eigenvalue weighted by atomic mass is 16.3. The van der Waals surface area contributed by atoms with Gasteiger partial charge in [0.05, 0.1) is 18.3 Å². The number of hydrogen-bond acceptors (Lipinski definition) is 5. The van der Waals surface area contributed by atoms with Crippen molar-refractivity contribution in [3.8, 4) is 0 Å². The molecule has 0 radical (unpaired) electrons. The van der Waals surface area contributed by atoms with Crippen molar-refractivity contribution in [1.82, 2.24) is 20.5 Å². The number of amides is 3. The lowest BCUT2D eigenvalue weighted by atomic mass is 9.99. The maximum absolute atomic E-state index is 13.3. The highest BCUT2D eigenvalue weighted by Crippen LogP contribution is 2.22. The summed E-state index contributed by atoms with van der Waals surface area (Å²) in [6.07, 6.45) is 1.06. The third kappa shape index (κ3) is 6.55. The summed E-state index contributed by atoms with van der Waals surface area (Å²) >= 11 is 0. The molecule has 3 atom stereocenters. The molecular weight excluding hydrogens is 456 g/mol. The van der Waals surface area contributed by atoms with E-state index in [1.807, 2.05) is 66.7 Å². The van der Waals surface area contributed by atoms with Crippen LogP contribution in [0.1, 0.15) is 29.7 Å². The number of nitrogens with zero attached hydrogens (tertiary/aromatic N) is 2. The number of aliphatic hydroxyl groups is 1. The molecule has 1 aliphatic rings.